The first-order valence-corrected chi connectivity index (χ1v) is 10.4. The first-order valence-electron chi connectivity index (χ1n) is 10.4. The first kappa shape index (κ1) is 20.7. The molecule has 0 atom stereocenters. The van der Waals surface area contributed by atoms with Crippen LogP contribution in [0.25, 0.3) is 6.08 Å². The highest BCUT2D eigenvalue weighted by Gasteiger charge is 2.27. The zero-order chi connectivity index (χ0) is 21.6. The summed E-state index contributed by atoms with van der Waals surface area (Å²) in [5.41, 5.74) is 3.16. The summed E-state index contributed by atoms with van der Waals surface area (Å²) in [5, 5.41) is 19.0. The molecule has 4 rings (SSSR count). The summed E-state index contributed by atoms with van der Waals surface area (Å²) in [7, 11) is 0. The van der Waals surface area contributed by atoms with Crippen LogP contribution in [-0.2, 0) is 4.79 Å². The second-order valence-corrected chi connectivity index (χ2v) is 7.67. The van der Waals surface area contributed by atoms with E-state index in [2.05, 4.69) is 53.4 Å². The van der Waals surface area contributed by atoms with Crippen LogP contribution >= 0.6 is 0 Å². The van der Waals surface area contributed by atoms with Crippen molar-refractivity contribution < 1.29 is 15.0 Å². The molecular weight excluding hydrogens is 388 g/mol. The first-order chi connectivity index (χ1) is 15.1. The maximum Gasteiger partial charge on any atom is 0.246 e. The Bertz CT molecular complexity index is 1000. The highest BCUT2D eigenvalue weighted by molar-refractivity contribution is 5.92. The molecule has 1 aliphatic rings. The van der Waals surface area contributed by atoms with Crippen LogP contribution in [-0.4, -0.2) is 52.1 Å². The highest BCUT2D eigenvalue weighted by Crippen LogP contribution is 2.29. The Labute approximate surface area is 182 Å². The topological polar surface area (TPSA) is 64.0 Å². The van der Waals surface area contributed by atoms with Crippen molar-refractivity contribution in [3.8, 4) is 11.5 Å². The Hall–Kier alpha value is -3.57. The van der Waals surface area contributed by atoms with Crippen LogP contribution < -0.4 is 0 Å². The van der Waals surface area contributed by atoms with Gasteiger partial charge in [-0.1, -0.05) is 66.7 Å². The van der Waals surface area contributed by atoms with E-state index < -0.39 is 0 Å². The predicted octanol–water partition coefficient (Wildman–Crippen LogP) is 4.04. The van der Waals surface area contributed by atoms with Gasteiger partial charge < -0.3 is 15.1 Å². The minimum Gasteiger partial charge on any atom is -0.504 e. The van der Waals surface area contributed by atoms with E-state index in [-0.39, 0.29) is 23.4 Å². The molecule has 31 heavy (non-hydrogen) atoms. The average molecular weight is 415 g/mol. The summed E-state index contributed by atoms with van der Waals surface area (Å²) in [6.07, 6.45) is 3.18. The van der Waals surface area contributed by atoms with Gasteiger partial charge in [0.2, 0.25) is 5.91 Å². The smallest absolute Gasteiger partial charge is 0.246 e. The highest BCUT2D eigenvalue weighted by atomic mass is 16.3. The predicted molar refractivity (Wildman–Crippen MR) is 122 cm³/mol. The summed E-state index contributed by atoms with van der Waals surface area (Å²) in [5.74, 6) is -0.426. The molecule has 0 aliphatic carbocycles. The largest absolute Gasteiger partial charge is 0.504 e. The van der Waals surface area contributed by atoms with E-state index in [4.69, 9.17) is 0 Å². The van der Waals surface area contributed by atoms with Gasteiger partial charge in [-0.2, -0.15) is 0 Å². The molecule has 1 heterocycles. The number of aromatic hydroxyl groups is 2. The van der Waals surface area contributed by atoms with Crippen LogP contribution in [0.4, 0.5) is 0 Å². The van der Waals surface area contributed by atoms with E-state index in [1.54, 1.807) is 12.1 Å². The molecule has 2 N–H and O–H groups in total. The molecule has 1 fully saturated rings. The number of amides is 1. The monoisotopic (exact) mass is 414 g/mol. The Morgan fingerprint density at radius 1 is 0.774 bits per heavy atom. The number of hydrogen-bond donors (Lipinski definition) is 2. The number of hydrogen-bond acceptors (Lipinski definition) is 4. The van der Waals surface area contributed by atoms with Crippen LogP contribution in [0.3, 0.4) is 0 Å². The number of rotatable bonds is 5. The van der Waals surface area contributed by atoms with Crippen molar-refractivity contribution in [2.24, 2.45) is 0 Å². The van der Waals surface area contributed by atoms with E-state index in [0.29, 0.717) is 18.7 Å². The van der Waals surface area contributed by atoms with Crippen LogP contribution in [0.5, 0.6) is 11.5 Å². The molecule has 158 valence electrons. The number of piperazine rings is 1. The fourth-order valence-electron chi connectivity index (χ4n) is 4.00. The lowest BCUT2D eigenvalue weighted by Gasteiger charge is -2.39. The third-order valence-corrected chi connectivity index (χ3v) is 5.64. The molecule has 0 aromatic heterocycles. The standard InChI is InChI=1S/C26H26N2O3/c29-23-13-11-20(19-24(23)30)12-14-25(31)27-15-17-28(18-16-27)26(21-7-3-1-4-8-21)22-9-5-2-6-10-22/h1-14,19,26,29-30H,15-18H2/b14-12+. The van der Waals surface area contributed by atoms with Crippen molar-refractivity contribution in [1.82, 2.24) is 9.80 Å². The fraction of sp³-hybridized carbons (Fsp3) is 0.192. The third-order valence-electron chi connectivity index (χ3n) is 5.64. The molecule has 0 radical (unpaired) electrons. The molecular formula is C26H26N2O3. The Morgan fingerprint density at radius 3 is 1.90 bits per heavy atom. The second-order valence-electron chi connectivity index (χ2n) is 7.67. The van der Waals surface area contributed by atoms with Gasteiger partial charge in [-0.05, 0) is 34.9 Å². The van der Waals surface area contributed by atoms with Gasteiger partial charge in [0, 0.05) is 32.3 Å². The molecule has 3 aromatic rings. The van der Waals surface area contributed by atoms with Crippen LogP contribution in [0.15, 0.2) is 84.9 Å². The Kier molecular flexibility index (Phi) is 6.34. The summed E-state index contributed by atoms with van der Waals surface area (Å²) >= 11 is 0. The lowest BCUT2D eigenvalue weighted by Crippen LogP contribution is -2.49. The molecule has 1 aliphatic heterocycles. The molecule has 0 bridgehead atoms. The third kappa shape index (κ3) is 4.95. The van der Waals surface area contributed by atoms with Gasteiger partial charge in [-0.15, -0.1) is 0 Å². The molecule has 5 heteroatoms. The molecule has 0 saturated carbocycles. The normalized spacial score (nSPS) is 14.9. The van der Waals surface area contributed by atoms with Gasteiger partial charge >= 0.3 is 0 Å². The number of phenols is 2. The Morgan fingerprint density at radius 2 is 1.35 bits per heavy atom. The lowest BCUT2D eigenvalue weighted by atomic mass is 9.96. The molecule has 1 saturated heterocycles. The number of carbonyl (C=O) groups excluding carboxylic acids is 1. The minimum absolute atomic E-state index is 0.0526. The number of nitrogens with zero attached hydrogens (tertiary/aromatic N) is 2. The summed E-state index contributed by atoms with van der Waals surface area (Å²) in [6, 6.07) is 25.6. The van der Waals surface area contributed by atoms with Gasteiger partial charge in [0.25, 0.3) is 0 Å². The summed E-state index contributed by atoms with van der Waals surface area (Å²) in [4.78, 5) is 16.9. The maximum atomic E-state index is 12.6. The average Bonchev–Trinajstić information content (AvgIpc) is 2.82. The molecule has 1 amide bonds. The number of phenolic OH excluding ortho intramolecular Hbond substituents is 2. The van der Waals surface area contributed by atoms with E-state index in [1.807, 2.05) is 17.0 Å². The van der Waals surface area contributed by atoms with Crippen molar-refractivity contribution in [2.45, 2.75) is 6.04 Å². The number of carbonyl (C=O) groups is 1. The Balaban J connectivity index is 1.43. The van der Waals surface area contributed by atoms with Crippen LogP contribution in [0, 0.1) is 0 Å². The van der Waals surface area contributed by atoms with Gasteiger partial charge in [-0.25, -0.2) is 0 Å². The SMILES string of the molecule is O=C(/C=C/c1ccc(O)c(O)c1)N1CCN(C(c2ccccc2)c2ccccc2)CC1. The van der Waals surface area contributed by atoms with Crippen molar-refractivity contribution in [1.29, 1.82) is 0 Å². The van der Waals surface area contributed by atoms with E-state index in [1.165, 1.54) is 29.3 Å². The van der Waals surface area contributed by atoms with Crippen molar-refractivity contribution in [3.63, 3.8) is 0 Å². The van der Waals surface area contributed by atoms with Crippen molar-refractivity contribution >= 4 is 12.0 Å². The summed E-state index contributed by atoms with van der Waals surface area (Å²) < 4.78 is 0. The molecule has 3 aromatic carbocycles. The quantitative estimate of drug-likeness (QED) is 0.489. The van der Waals surface area contributed by atoms with Crippen LogP contribution in [0.1, 0.15) is 22.7 Å². The van der Waals surface area contributed by atoms with Crippen molar-refractivity contribution in [2.75, 3.05) is 26.2 Å². The fourth-order valence-corrected chi connectivity index (χ4v) is 4.00. The minimum atomic E-state index is -0.198. The van der Waals surface area contributed by atoms with Crippen LogP contribution in [0.2, 0.25) is 0 Å². The van der Waals surface area contributed by atoms with E-state index >= 15 is 0 Å². The molecule has 5 nitrogen and oxygen atoms in total. The molecule has 0 spiro atoms. The second kappa shape index (κ2) is 9.49. The van der Waals surface area contributed by atoms with Gasteiger partial charge in [-0.3, -0.25) is 9.69 Å². The zero-order valence-electron chi connectivity index (χ0n) is 17.3. The molecule has 0 unspecified atom stereocenters. The lowest BCUT2D eigenvalue weighted by molar-refractivity contribution is -0.127. The van der Waals surface area contributed by atoms with E-state index in [9.17, 15) is 15.0 Å². The van der Waals surface area contributed by atoms with E-state index in [0.717, 1.165) is 13.1 Å². The maximum absolute atomic E-state index is 12.6. The zero-order valence-corrected chi connectivity index (χ0v) is 17.3. The summed E-state index contributed by atoms with van der Waals surface area (Å²) in [6.45, 7) is 2.88. The van der Waals surface area contributed by atoms with Crippen molar-refractivity contribution in [3.05, 3.63) is 102 Å². The van der Waals surface area contributed by atoms with Gasteiger partial charge in [0.15, 0.2) is 11.5 Å². The van der Waals surface area contributed by atoms with Gasteiger partial charge in [0.1, 0.15) is 0 Å². The van der Waals surface area contributed by atoms with Gasteiger partial charge in [0.05, 0.1) is 6.04 Å². The number of benzene rings is 3.